The zero-order chi connectivity index (χ0) is 21.0. The molecule has 154 valence electrons. The average Bonchev–Trinajstić information content (AvgIpc) is 3.31. The molecule has 4 heterocycles. The number of carbonyl (C=O) groups excluding carboxylic acids is 1. The number of anilines is 3. The number of carbonyl (C=O) groups is 1. The number of nitrogens with one attached hydrogen (secondary N) is 2. The topological polar surface area (TPSA) is 101 Å². The molecule has 0 saturated heterocycles. The number of nitrogens with two attached hydrogens (primary N) is 1. The van der Waals surface area contributed by atoms with Gasteiger partial charge < -0.3 is 20.8 Å². The Hall–Kier alpha value is -3.20. The molecule has 0 unspecified atom stereocenters. The predicted molar refractivity (Wildman–Crippen MR) is 113 cm³/mol. The molecule has 2 amide bonds. The van der Waals surface area contributed by atoms with Crippen molar-refractivity contribution in [3.63, 3.8) is 0 Å². The molecule has 3 aromatic rings. The summed E-state index contributed by atoms with van der Waals surface area (Å²) in [6.45, 7) is 7.45. The van der Waals surface area contributed by atoms with E-state index in [1.807, 2.05) is 26.8 Å². The Morgan fingerprint density at radius 1 is 1.31 bits per heavy atom. The van der Waals surface area contributed by atoms with Gasteiger partial charge in [-0.3, -0.25) is 4.90 Å². The van der Waals surface area contributed by atoms with Gasteiger partial charge in [0.05, 0.1) is 11.4 Å². The van der Waals surface area contributed by atoms with Gasteiger partial charge in [-0.05, 0) is 19.4 Å². The first-order valence-electron chi connectivity index (χ1n) is 9.72. The van der Waals surface area contributed by atoms with Crippen molar-refractivity contribution in [2.24, 2.45) is 5.73 Å². The van der Waals surface area contributed by atoms with Crippen LogP contribution < -0.4 is 21.3 Å². The summed E-state index contributed by atoms with van der Waals surface area (Å²) in [7, 11) is 0. The van der Waals surface area contributed by atoms with Gasteiger partial charge in [-0.1, -0.05) is 13.8 Å². The molecule has 29 heavy (non-hydrogen) atoms. The Morgan fingerprint density at radius 2 is 2.10 bits per heavy atom. The van der Waals surface area contributed by atoms with Gasteiger partial charge in [0.1, 0.15) is 11.5 Å². The van der Waals surface area contributed by atoms with Gasteiger partial charge in [-0.15, -0.1) is 0 Å². The molecule has 0 radical (unpaired) electrons. The fourth-order valence-electron chi connectivity index (χ4n) is 3.27. The molecular formula is C20H26FN7O. The molecule has 1 aliphatic heterocycles. The zero-order valence-corrected chi connectivity index (χ0v) is 16.9. The van der Waals surface area contributed by atoms with E-state index in [-0.39, 0.29) is 5.69 Å². The highest BCUT2D eigenvalue weighted by Gasteiger charge is 2.28. The van der Waals surface area contributed by atoms with E-state index in [4.69, 9.17) is 5.73 Å². The summed E-state index contributed by atoms with van der Waals surface area (Å²) in [5, 5.41) is 5.88. The summed E-state index contributed by atoms with van der Waals surface area (Å²) >= 11 is 0. The van der Waals surface area contributed by atoms with E-state index in [0.717, 1.165) is 16.9 Å². The van der Waals surface area contributed by atoms with E-state index >= 15 is 0 Å². The highest BCUT2D eigenvalue weighted by Crippen LogP contribution is 2.32. The first kappa shape index (κ1) is 20.5. The number of hydrogen-bond donors (Lipinski definition) is 3. The highest BCUT2D eigenvalue weighted by atomic mass is 19.1. The molecule has 9 heteroatoms. The standard InChI is InChI=1S/C18H20FN7O.C2H6/c1-11-9-25-10-15(13(19)8-16(25)23-11)24-18(27)26-7-3-12-14(21-6-4-20)2-5-22-17(12)26;1-2/h2,5,8-10H,3-4,6-7,20H2,1H3,(H,21,22)(H,24,27);1-2H3. The summed E-state index contributed by atoms with van der Waals surface area (Å²) in [6, 6.07) is 2.74. The van der Waals surface area contributed by atoms with Gasteiger partial charge in [0.25, 0.3) is 0 Å². The lowest BCUT2D eigenvalue weighted by Gasteiger charge is -2.18. The monoisotopic (exact) mass is 399 g/mol. The van der Waals surface area contributed by atoms with Gasteiger partial charge in [0.15, 0.2) is 5.82 Å². The maximum Gasteiger partial charge on any atom is 0.327 e. The number of amides is 2. The second kappa shape index (κ2) is 8.87. The normalized spacial score (nSPS) is 12.4. The summed E-state index contributed by atoms with van der Waals surface area (Å²) < 4.78 is 16.0. The molecule has 0 atom stereocenters. The van der Waals surface area contributed by atoms with Crippen LogP contribution in [0.25, 0.3) is 5.65 Å². The molecule has 4 N–H and O–H groups in total. The third-order valence-corrected chi connectivity index (χ3v) is 4.48. The van der Waals surface area contributed by atoms with E-state index in [9.17, 15) is 9.18 Å². The molecule has 4 rings (SSSR count). The number of hydrogen-bond acceptors (Lipinski definition) is 5. The van der Waals surface area contributed by atoms with Crippen molar-refractivity contribution >= 4 is 28.9 Å². The van der Waals surface area contributed by atoms with Crippen molar-refractivity contribution in [2.45, 2.75) is 27.2 Å². The number of imidazole rings is 1. The van der Waals surface area contributed by atoms with Crippen molar-refractivity contribution in [3.05, 3.63) is 47.8 Å². The van der Waals surface area contributed by atoms with E-state index in [2.05, 4.69) is 20.6 Å². The van der Waals surface area contributed by atoms with Gasteiger partial charge in [0.2, 0.25) is 0 Å². The summed E-state index contributed by atoms with van der Waals surface area (Å²) in [5.74, 6) is 0.0432. The number of nitrogens with zero attached hydrogens (tertiary/aromatic N) is 4. The largest absolute Gasteiger partial charge is 0.383 e. The fraction of sp³-hybridized carbons (Fsp3) is 0.350. The first-order chi connectivity index (χ1) is 14.1. The number of rotatable bonds is 4. The van der Waals surface area contributed by atoms with Crippen LogP contribution in [0.15, 0.2) is 30.7 Å². The van der Waals surface area contributed by atoms with Crippen LogP contribution in [-0.4, -0.2) is 40.0 Å². The molecule has 0 aromatic carbocycles. The van der Waals surface area contributed by atoms with Crippen LogP contribution in [-0.2, 0) is 6.42 Å². The molecule has 0 saturated carbocycles. The van der Waals surface area contributed by atoms with Crippen molar-refractivity contribution in [3.8, 4) is 0 Å². The Morgan fingerprint density at radius 3 is 2.86 bits per heavy atom. The number of urea groups is 1. The molecule has 0 fully saturated rings. The lowest BCUT2D eigenvalue weighted by atomic mass is 10.2. The predicted octanol–water partition coefficient (Wildman–Crippen LogP) is 3.17. The maximum atomic E-state index is 14.4. The van der Waals surface area contributed by atoms with Crippen LogP contribution >= 0.6 is 0 Å². The zero-order valence-electron chi connectivity index (χ0n) is 16.9. The van der Waals surface area contributed by atoms with Crippen molar-refractivity contribution in [1.82, 2.24) is 14.4 Å². The van der Waals surface area contributed by atoms with Gasteiger partial charge in [-0.25, -0.2) is 19.2 Å². The SMILES string of the molecule is CC.Cc1cn2cc(NC(=O)N3CCc4c(NCCN)ccnc43)c(F)cc2n1. The fourth-order valence-corrected chi connectivity index (χ4v) is 3.27. The number of aromatic nitrogens is 3. The Balaban J connectivity index is 0.00000117. The lowest BCUT2D eigenvalue weighted by Crippen LogP contribution is -2.34. The van der Waals surface area contributed by atoms with Crippen molar-refractivity contribution in [2.75, 3.05) is 35.2 Å². The number of halogens is 1. The Labute approximate surface area is 168 Å². The van der Waals surface area contributed by atoms with Crippen molar-refractivity contribution in [1.29, 1.82) is 0 Å². The third-order valence-electron chi connectivity index (χ3n) is 4.48. The molecule has 0 bridgehead atoms. The van der Waals surface area contributed by atoms with Crippen LogP contribution in [0.2, 0.25) is 0 Å². The number of aryl methyl sites for hydroxylation is 1. The molecule has 0 aliphatic carbocycles. The minimum atomic E-state index is -0.535. The van der Waals surface area contributed by atoms with Gasteiger partial charge >= 0.3 is 6.03 Å². The maximum absolute atomic E-state index is 14.4. The first-order valence-corrected chi connectivity index (χ1v) is 9.72. The number of fused-ring (bicyclic) bond motifs is 2. The summed E-state index contributed by atoms with van der Waals surface area (Å²) in [5.41, 5.74) is 8.78. The third kappa shape index (κ3) is 4.14. The molecular weight excluding hydrogens is 373 g/mol. The quantitative estimate of drug-likeness (QED) is 0.626. The van der Waals surface area contributed by atoms with Crippen LogP contribution in [0.5, 0.6) is 0 Å². The van der Waals surface area contributed by atoms with Crippen LogP contribution in [0, 0.1) is 12.7 Å². The number of pyridine rings is 2. The Bertz CT molecular complexity index is 1020. The Kier molecular flexibility index (Phi) is 6.28. The van der Waals surface area contributed by atoms with Crippen molar-refractivity contribution < 1.29 is 9.18 Å². The minimum Gasteiger partial charge on any atom is -0.383 e. The lowest BCUT2D eigenvalue weighted by molar-refractivity contribution is 0.257. The molecule has 1 aliphatic rings. The second-order valence-corrected chi connectivity index (χ2v) is 6.39. The minimum absolute atomic E-state index is 0.0933. The van der Waals surface area contributed by atoms with E-state index in [1.54, 1.807) is 16.8 Å². The van der Waals surface area contributed by atoms with Gasteiger partial charge in [0, 0.05) is 55.5 Å². The summed E-state index contributed by atoms with van der Waals surface area (Å²) in [4.78, 5) is 22.8. The van der Waals surface area contributed by atoms with E-state index < -0.39 is 11.8 Å². The molecule has 8 nitrogen and oxygen atoms in total. The van der Waals surface area contributed by atoms with Crippen LogP contribution in [0.1, 0.15) is 25.1 Å². The van der Waals surface area contributed by atoms with Crippen LogP contribution in [0.4, 0.5) is 26.4 Å². The summed E-state index contributed by atoms with van der Waals surface area (Å²) in [6.07, 6.45) is 5.61. The molecule has 3 aromatic heterocycles. The molecule has 0 spiro atoms. The smallest absolute Gasteiger partial charge is 0.327 e. The highest BCUT2D eigenvalue weighted by molar-refractivity contribution is 6.03. The average molecular weight is 399 g/mol. The van der Waals surface area contributed by atoms with E-state index in [1.165, 1.54) is 17.2 Å². The second-order valence-electron chi connectivity index (χ2n) is 6.39. The van der Waals surface area contributed by atoms with Crippen LogP contribution in [0.3, 0.4) is 0 Å². The van der Waals surface area contributed by atoms with Gasteiger partial charge in [-0.2, -0.15) is 0 Å². The van der Waals surface area contributed by atoms with E-state index in [0.29, 0.717) is 37.5 Å².